The minimum atomic E-state index is -5.05. The quantitative estimate of drug-likeness (QED) is 0.0203. The molecule has 0 saturated carbocycles. The third-order valence-electron chi connectivity index (χ3n) is 11.0. The fourth-order valence-corrected chi connectivity index (χ4v) is 8.42. The van der Waals surface area contributed by atoms with Crippen LogP contribution >= 0.6 is 23.9 Å². The Balaban J connectivity index is -0.00000198. The Labute approximate surface area is 353 Å². The molecule has 0 aliphatic heterocycles. The Morgan fingerprint density at radius 2 is 0.586 bits per heavy atom. The van der Waals surface area contributed by atoms with Crippen LogP contribution in [0.3, 0.4) is 0 Å². The molecular weight excluding hydrogens is 809 g/mol. The Hall–Kier alpha value is 0.120. The van der Waals surface area contributed by atoms with Crippen LogP contribution in [0.25, 0.3) is 0 Å². The van der Waals surface area contributed by atoms with Crippen LogP contribution in [0, 0.1) is 5.41 Å². The zero-order valence-electron chi connectivity index (χ0n) is 36.6. The summed E-state index contributed by atoms with van der Waals surface area (Å²) in [7, 11) is -13.0. The van der Waals surface area contributed by atoms with E-state index >= 15 is 0 Å². The number of aliphatic hydroxyl groups excluding tert-OH is 3. The molecule has 0 saturated heterocycles. The van der Waals surface area contributed by atoms with Crippen LogP contribution < -0.4 is 0 Å². The number of hydrogen-bond donors (Lipinski definition) is 10. The molecule has 0 aromatic rings. The van der Waals surface area contributed by atoms with Crippen molar-refractivity contribution in [1.29, 1.82) is 0 Å². The molecule has 0 bridgehead atoms. The largest absolute Gasteiger partial charge is 0.692 e. The van der Waals surface area contributed by atoms with Crippen LogP contribution in [0.5, 0.6) is 0 Å². The number of unbranched alkanes of at least 4 members (excludes halogenated alkanes) is 30. The van der Waals surface area contributed by atoms with E-state index in [1.165, 1.54) is 180 Å². The molecule has 0 amide bonds. The summed E-state index contributed by atoms with van der Waals surface area (Å²) in [5, 5.41) is 42.0. The molecule has 352 valence electrons. The van der Waals surface area contributed by atoms with Gasteiger partial charge in [-0.25, -0.2) is 9.13 Å². The van der Waals surface area contributed by atoms with E-state index in [9.17, 15) is 29.6 Å². The smallest absolute Gasteiger partial charge is 0.395 e. The molecule has 14 nitrogen and oxygen atoms in total. The summed E-state index contributed by atoms with van der Waals surface area (Å²) < 4.78 is 30.9. The SMILES string of the molecule is CCCCCCCCCCCCCCCCCCC(O)(CCCCCCCCCCCCCCCCCC)C(CO)(CO)CO.O=P(O)(O)OP(=O)(O)O.O=[P+](O)O. The maximum atomic E-state index is 11.7. The second kappa shape index (κ2) is 42.4. The summed E-state index contributed by atoms with van der Waals surface area (Å²) >= 11 is 0. The van der Waals surface area contributed by atoms with Gasteiger partial charge in [-0.15, -0.1) is 9.79 Å². The van der Waals surface area contributed by atoms with Gasteiger partial charge in [0.05, 0.1) is 30.8 Å². The molecule has 17 heteroatoms. The standard InChI is InChI=1S/C41H84O4.H4O7P2.HO3P/c1-3-5-7-9-11-13-15-17-19-21-23-25-27-29-31-33-35-41(45,40(37-42,38-43)39-44)36-34-32-30-28-26-24-22-20-18-16-14-12-10-8-6-4-2;1-8(2,3)7-9(4,5)6;1-4(2)3/h42-45H,3-39H2,1-2H3;(H2,1,2,3)(H2,4,5,6);(H-,1,2,3)/p+1. The average molecular weight is 900 g/mol. The van der Waals surface area contributed by atoms with E-state index in [1.807, 2.05) is 0 Å². The molecule has 0 radical (unpaired) electrons. The van der Waals surface area contributed by atoms with E-state index in [4.69, 9.17) is 33.9 Å². The highest BCUT2D eigenvalue weighted by molar-refractivity contribution is 7.60. The Morgan fingerprint density at radius 1 is 0.414 bits per heavy atom. The highest BCUT2D eigenvalue weighted by Crippen LogP contribution is 2.53. The van der Waals surface area contributed by atoms with Crippen molar-refractivity contribution in [1.82, 2.24) is 0 Å². The van der Waals surface area contributed by atoms with Gasteiger partial charge >= 0.3 is 23.9 Å². The monoisotopic (exact) mass is 900 g/mol. The summed E-state index contributed by atoms with van der Waals surface area (Å²) in [6, 6.07) is 0. The molecule has 0 unspecified atom stereocenters. The highest BCUT2D eigenvalue weighted by Gasteiger charge is 2.48. The molecule has 0 aromatic carbocycles. The fourth-order valence-electron chi connectivity index (χ4n) is 7.32. The van der Waals surface area contributed by atoms with Crippen molar-refractivity contribution >= 4 is 23.9 Å². The first-order valence-electron chi connectivity index (χ1n) is 22.7. The van der Waals surface area contributed by atoms with Crippen molar-refractivity contribution in [2.75, 3.05) is 19.8 Å². The second-order valence-corrected chi connectivity index (χ2v) is 19.3. The van der Waals surface area contributed by atoms with Crippen molar-refractivity contribution in [3.8, 4) is 0 Å². The summed E-state index contributed by atoms with van der Waals surface area (Å²) in [5.74, 6) is 0. The Morgan fingerprint density at radius 3 is 0.724 bits per heavy atom. The average Bonchev–Trinajstić information content (AvgIpc) is 3.14. The lowest BCUT2D eigenvalue weighted by Gasteiger charge is -2.44. The number of hydrogen-bond acceptors (Lipinski definition) is 8. The van der Waals surface area contributed by atoms with Crippen LogP contribution in [0.15, 0.2) is 0 Å². The zero-order chi connectivity index (χ0) is 44.4. The van der Waals surface area contributed by atoms with Gasteiger partial charge in [-0.1, -0.05) is 219 Å². The fraction of sp³-hybridized carbons (Fsp3) is 1.00. The van der Waals surface area contributed by atoms with Crippen molar-refractivity contribution in [3.63, 3.8) is 0 Å². The van der Waals surface area contributed by atoms with Crippen molar-refractivity contribution < 1.29 is 67.8 Å². The summed E-state index contributed by atoms with van der Waals surface area (Å²) in [6.45, 7) is 3.42. The number of phosphoric acid groups is 2. The lowest BCUT2D eigenvalue weighted by molar-refractivity contribution is -0.162. The van der Waals surface area contributed by atoms with Crippen LogP contribution in [0.2, 0.25) is 0 Å². The summed E-state index contributed by atoms with van der Waals surface area (Å²) in [4.78, 5) is 45.2. The topological polar surface area (TPSA) is 263 Å². The highest BCUT2D eigenvalue weighted by atomic mass is 31.3. The lowest BCUT2D eigenvalue weighted by Crippen LogP contribution is -2.55. The Kier molecular flexibility index (Phi) is 45.7. The van der Waals surface area contributed by atoms with Gasteiger partial charge in [0.1, 0.15) is 0 Å². The minimum absolute atomic E-state index is 0.381. The van der Waals surface area contributed by atoms with Gasteiger partial charge in [-0.2, -0.15) is 4.31 Å². The van der Waals surface area contributed by atoms with Crippen LogP contribution in [0.4, 0.5) is 0 Å². The molecule has 0 atom stereocenters. The minimum Gasteiger partial charge on any atom is -0.395 e. The van der Waals surface area contributed by atoms with Crippen molar-refractivity contribution in [3.05, 3.63) is 0 Å². The third kappa shape index (κ3) is 44.2. The molecule has 0 aromatic heterocycles. The molecule has 58 heavy (non-hydrogen) atoms. The lowest BCUT2D eigenvalue weighted by atomic mass is 9.68. The maximum absolute atomic E-state index is 11.7. The van der Waals surface area contributed by atoms with E-state index in [2.05, 4.69) is 18.2 Å². The Bertz CT molecular complexity index is 907. The van der Waals surface area contributed by atoms with E-state index in [0.29, 0.717) is 12.8 Å². The molecule has 0 rings (SSSR count). The van der Waals surface area contributed by atoms with Crippen LogP contribution in [-0.2, 0) is 18.0 Å². The van der Waals surface area contributed by atoms with Gasteiger partial charge in [0, 0.05) is 4.57 Å². The molecule has 0 fully saturated rings. The van der Waals surface area contributed by atoms with Gasteiger partial charge in [0.2, 0.25) is 0 Å². The van der Waals surface area contributed by atoms with Crippen LogP contribution in [-0.4, -0.2) is 75.2 Å². The number of aliphatic hydroxyl groups is 4. The predicted octanol–water partition coefficient (Wildman–Crippen LogP) is 10.8. The van der Waals surface area contributed by atoms with Gasteiger partial charge in [-0.3, -0.25) is 0 Å². The summed E-state index contributed by atoms with van der Waals surface area (Å²) in [6.07, 6.45) is 43.0. The van der Waals surface area contributed by atoms with Gasteiger partial charge in [0.15, 0.2) is 0 Å². The number of rotatable bonds is 40. The first kappa shape index (κ1) is 62.4. The maximum Gasteiger partial charge on any atom is 0.692 e. The zero-order valence-corrected chi connectivity index (χ0v) is 39.3. The predicted molar refractivity (Wildman–Crippen MR) is 234 cm³/mol. The summed E-state index contributed by atoms with van der Waals surface area (Å²) in [5.41, 5.74) is -2.44. The van der Waals surface area contributed by atoms with Crippen molar-refractivity contribution in [2.45, 2.75) is 238 Å². The van der Waals surface area contributed by atoms with E-state index < -0.39 is 34.9 Å². The van der Waals surface area contributed by atoms with E-state index in [1.54, 1.807) is 0 Å². The molecule has 0 heterocycles. The molecule has 10 N–H and O–H groups in total. The molecular formula is C41H90O14P3+. The first-order chi connectivity index (χ1) is 27.5. The van der Waals surface area contributed by atoms with Gasteiger partial charge in [-0.05, 0) is 12.8 Å². The van der Waals surface area contributed by atoms with Crippen molar-refractivity contribution in [2.24, 2.45) is 5.41 Å². The van der Waals surface area contributed by atoms with Gasteiger partial charge in [0.25, 0.3) is 0 Å². The third-order valence-corrected chi connectivity index (χ3v) is 12.7. The molecule has 0 aliphatic rings. The second-order valence-electron chi connectivity index (χ2n) is 16.2. The first-order valence-corrected chi connectivity index (χ1v) is 26.9. The molecule has 0 aliphatic carbocycles. The van der Waals surface area contributed by atoms with Gasteiger partial charge < -0.3 is 40.0 Å². The van der Waals surface area contributed by atoms with E-state index in [-0.39, 0.29) is 19.8 Å². The van der Waals surface area contributed by atoms with Crippen LogP contribution in [0.1, 0.15) is 232 Å². The molecule has 0 spiro atoms. The normalized spacial score (nSPS) is 12.2. The van der Waals surface area contributed by atoms with E-state index in [0.717, 1.165) is 25.7 Å².